The summed E-state index contributed by atoms with van der Waals surface area (Å²) in [4.78, 5) is 10.9. The standard InChI is InChI=1S/C7H14O3.2CH4/c1-4-7(2,3)6(9)10-5-8;;/h8H,4-5H2,1-3H3;2*1H4. The molecule has 0 unspecified atom stereocenters. The minimum Gasteiger partial charge on any atom is -0.438 e. The molecule has 0 fully saturated rings. The summed E-state index contributed by atoms with van der Waals surface area (Å²) in [5.74, 6) is -0.350. The van der Waals surface area contributed by atoms with E-state index in [1.807, 2.05) is 6.92 Å². The van der Waals surface area contributed by atoms with Gasteiger partial charge in [-0.15, -0.1) is 0 Å². The molecule has 0 saturated carbocycles. The third kappa shape index (κ3) is 5.13. The van der Waals surface area contributed by atoms with Gasteiger partial charge in [-0.2, -0.15) is 0 Å². The average Bonchev–Trinajstić information content (AvgIpc) is 1.89. The minimum absolute atomic E-state index is 0. The molecule has 1 N–H and O–H groups in total. The van der Waals surface area contributed by atoms with Crippen molar-refractivity contribution in [3.05, 3.63) is 0 Å². The van der Waals surface area contributed by atoms with Gasteiger partial charge in [0.1, 0.15) is 0 Å². The molecule has 3 heteroatoms. The first-order chi connectivity index (χ1) is 4.54. The molecule has 0 heterocycles. The van der Waals surface area contributed by atoms with Gasteiger partial charge in [-0.25, -0.2) is 0 Å². The summed E-state index contributed by atoms with van der Waals surface area (Å²) in [6.45, 7) is 4.94. The van der Waals surface area contributed by atoms with Gasteiger partial charge in [0.05, 0.1) is 5.41 Å². The van der Waals surface area contributed by atoms with E-state index >= 15 is 0 Å². The highest BCUT2D eigenvalue weighted by molar-refractivity contribution is 5.75. The van der Waals surface area contributed by atoms with E-state index in [0.29, 0.717) is 6.42 Å². The van der Waals surface area contributed by atoms with Crippen LogP contribution < -0.4 is 0 Å². The molecular weight excluding hydrogens is 156 g/mol. The van der Waals surface area contributed by atoms with Crippen LogP contribution in [0.4, 0.5) is 0 Å². The molecule has 0 atom stereocenters. The molecule has 0 amide bonds. The number of rotatable bonds is 3. The number of aliphatic hydroxyl groups is 1. The molecule has 0 aliphatic carbocycles. The lowest BCUT2D eigenvalue weighted by Crippen LogP contribution is -2.25. The second-order valence-corrected chi connectivity index (χ2v) is 2.80. The second kappa shape index (κ2) is 7.10. The normalized spacial score (nSPS) is 9.33. The Balaban J connectivity index is -0.000000405. The van der Waals surface area contributed by atoms with E-state index in [4.69, 9.17) is 5.11 Å². The number of hydrogen-bond donors (Lipinski definition) is 1. The molecule has 0 aliphatic heterocycles. The van der Waals surface area contributed by atoms with Crippen molar-refractivity contribution in [1.29, 1.82) is 0 Å². The molecule has 0 saturated heterocycles. The molecule has 0 aliphatic rings. The zero-order valence-electron chi connectivity index (χ0n) is 6.68. The van der Waals surface area contributed by atoms with Crippen molar-refractivity contribution in [2.45, 2.75) is 42.0 Å². The highest BCUT2D eigenvalue weighted by atomic mass is 16.6. The molecule has 12 heavy (non-hydrogen) atoms. The van der Waals surface area contributed by atoms with Gasteiger partial charge in [0.15, 0.2) is 6.79 Å². The molecule has 3 nitrogen and oxygen atoms in total. The van der Waals surface area contributed by atoms with E-state index in [-0.39, 0.29) is 20.8 Å². The van der Waals surface area contributed by atoms with Crippen molar-refractivity contribution in [1.82, 2.24) is 0 Å². The number of carbonyl (C=O) groups excluding carboxylic acids is 1. The van der Waals surface area contributed by atoms with Gasteiger partial charge in [0, 0.05) is 0 Å². The molecule has 0 bridgehead atoms. The van der Waals surface area contributed by atoms with Crippen LogP contribution in [0.3, 0.4) is 0 Å². The number of hydrogen-bond acceptors (Lipinski definition) is 3. The van der Waals surface area contributed by atoms with Gasteiger partial charge in [0.2, 0.25) is 0 Å². The first-order valence-corrected chi connectivity index (χ1v) is 3.32. The maximum Gasteiger partial charge on any atom is 0.313 e. The third-order valence-electron chi connectivity index (χ3n) is 1.63. The first kappa shape index (κ1) is 17.5. The van der Waals surface area contributed by atoms with Crippen LogP contribution in [-0.2, 0) is 9.53 Å². The maximum atomic E-state index is 10.9. The van der Waals surface area contributed by atoms with E-state index in [1.165, 1.54) is 0 Å². The van der Waals surface area contributed by atoms with Crippen LogP contribution in [0.5, 0.6) is 0 Å². The monoisotopic (exact) mass is 178 g/mol. The Morgan fingerprint density at radius 1 is 1.42 bits per heavy atom. The Morgan fingerprint density at radius 2 is 1.83 bits per heavy atom. The van der Waals surface area contributed by atoms with Crippen molar-refractivity contribution in [2.24, 2.45) is 5.41 Å². The Kier molecular flexibility index (Phi) is 10.4. The lowest BCUT2D eigenvalue weighted by molar-refractivity contribution is -0.162. The number of aliphatic hydroxyl groups excluding tert-OH is 1. The molecule has 0 aromatic rings. The first-order valence-electron chi connectivity index (χ1n) is 3.32. The van der Waals surface area contributed by atoms with Crippen LogP contribution in [0, 0.1) is 5.41 Å². The predicted octanol–water partition coefficient (Wildman–Crippen LogP) is 2.19. The summed E-state index contributed by atoms with van der Waals surface area (Å²) < 4.78 is 4.41. The fourth-order valence-corrected chi connectivity index (χ4v) is 0.398. The molecule has 0 rings (SSSR count). The van der Waals surface area contributed by atoms with Crippen LogP contribution in [-0.4, -0.2) is 17.9 Å². The van der Waals surface area contributed by atoms with E-state index < -0.39 is 12.2 Å². The molecule has 0 aromatic heterocycles. The molecular formula is C9H22O3. The minimum atomic E-state index is -0.526. The number of ether oxygens (including phenoxy) is 1. The summed E-state index contributed by atoms with van der Waals surface area (Å²) in [6, 6.07) is 0. The van der Waals surface area contributed by atoms with Gasteiger partial charge in [-0.05, 0) is 20.3 Å². The van der Waals surface area contributed by atoms with Gasteiger partial charge in [-0.1, -0.05) is 21.8 Å². The molecule has 0 aromatic carbocycles. The van der Waals surface area contributed by atoms with Crippen LogP contribution in [0.1, 0.15) is 42.0 Å². The summed E-state index contributed by atoms with van der Waals surface area (Å²) in [5, 5.41) is 8.25. The van der Waals surface area contributed by atoms with Crippen LogP contribution in [0.25, 0.3) is 0 Å². The highest BCUT2D eigenvalue weighted by Gasteiger charge is 2.26. The third-order valence-corrected chi connectivity index (χ3v) is 1.63. The summed E-state index contributed by atoms with van der Waals surface area (Å²) in [7, 11) is 0. The van der Waals surface area contributed by atoms with Gasteiger partial charge < -0.3 is 9.84 Å². The average molecular weight is 178 g/mol. The second-order valence-electron chi connectivity index (χ2n) is 2.80. The van der Waals surface area contributed by atoms with Crippen molar-refractivity contribution < 1.29 is 14.6 Å². The lowest BCUT2D eigenvalue weighted by Gasteiger charge is -2.18. The van der Waals surface area contributed by atoms with E-state index in [9.17, 15) is 4.79 Å². The Labute approximate surface area is 75.7 Å². The van der Waals surface area contributed by atoms with Crippen LogP contribution >= 0.6 is 0 Å². The number of esters is 1. The van der Waals surface area contributed by atoms with Gasteiger partial charge in [-0.3, -0.25) is 4.79 Å². The van der Waals surface area contributed by atoms with Gasteiger partial charge in [0.25, 0.3) is 0 Å². The van der Waals surface area contributed by atoms with E-state index in [2.05, 4.69) is 4.74 Å². The predicted molar refractivity (Wildman–Crippen MR) is 50.7 cm³/mol. The lowest BCUT2D eigenvalue weighted by atomic mass is 9.91. The number of carbonyl (C=O) groups is 1. The molecule has 0 spiro atoms. The van der Waals surface area contributed by atoms with Crippen LogP contribution in [0.15, 0.2) is 0 Å². The van der Waals surface area contributed by atoms with Gasteiger partial charge >= 0.3 is 5.97 Å². The van der Waals surface area contributed by atoms with Crippen molar-refractivity contribution in [3.63, 3.8) is 0 Å². The topological polar surface area (TPSA) is 46.5 Å². The highest BCUT2D eigenvalue weighted by Crippen LogP contribution is 2.20. The quantitative estimate of drug-likeness (QED) is 0.532. The SMILES string of the molecule is C.C.CCC(C)(C)C(=O)OCO. The molecule has 76 valence electrons. The smallest absolute Gasteiger partial charge is 0.313 e. The Bertz CT molecular complexity index is 119. The molecule has 0 radical (unpaired) electrons. The van der Waals surface area contributed by atoms with E-state index in [1.54, 1.807) is 13.8 Å². The Hall–Kier alpha value is -0.570. The fourth-order valence-electron chi connectivity index (χ4n) is 0.398. The summed E-state index contributed by atoms with van der Waals surface area (Å²) in [6.07, 6.45) is 0.714. The largest absolute Gasteiger partial charge is 0.438 e. The summed E-state index contributed by atoms with van der Waals surface area (Å²) >= 11 is 0. The zero-order chi connectivity index (χ0) is 8.20. The fraction of sp³-hybridized carbons (Fsp3) is 0.889. The van der Waals surface area contributed by atoms with Crippen molar-refractivity contribution in [2.75, 3.05) is 6.79 Å². The Morgan fingerprint density at radius 3 is 2.08 bits per heavy atom. The van der Waals surface area contributed by atoms with Crippen LogP contribution in [0.2, 0.25) is 0 Å². The van der Waals surface area contributed by atoms with Crippen molar-refractivity contribution >= 4 is 5.97 Å². The zero-order valence-corrected chi connectivity index (χ0v) is 6.68. The summed E-state index contributed by atoms with van der Waals surface area (Å²) in [5.41, 5.74) is -0.470. The maximum absolute atomic E-state index is 10.9. The van der Waals surface area contributed by atoms with Crippen molar-refractivity contribution in [3.8, 4) is 0 Å². The van der Waals surface area contributed by atoms with E-state index in [0.717, 1.165) is 0 Å².